The van der Waals surface area contributed by atoms with Crippen molar-refractivity contribution < 1.29 is 24.2 Å². The predicted octanol–water partition coefficient (Wildman–Crippen LogP) is 1.71. The summed E-state index contributed by atoms with van der Waals surface area (Å²) in [7, 11) is 0. The summed E-state index contributed by atoms with van der Waals surface area (Å²) in [5.74, 6) is -0.105. The quantitative estimate of drug-likeness (QED) is 0.643. The van der Waals surface area contributed by atoms with Crippen LogP contribution in [0.3, 0.4) is 0 Å². The first-order chi connectivity index (χ1) is 14.1. The molecule has 3 N–H and O–H groups in total. The number of carbonyl (C=O) groups excluding carboxylic acids is 2. The number of hydrogen-bond acceptors (Lipinski definition) is 5. The highest BCUT2D eigenvalue weighted by Crippen LogP contribution is 2.24. The molecule has 0 unspecified atom stereocenters. The van der Waals surface area contributed by atoms with Gasteiger partial charge >= 0.3 is 0 Å². The SMILES string of the molecule is C[C@H](NC(=O)C[C@@H]1CC[C@H](NC(=O)C2CCOCC2)[C@H](CO)O1)c1ccccc1. The summed E-state index contributed by atoms with van der Waals surface area (Å²) in [6.45, 7) is 2.99. The molecule has 2 fully saturated rings. The summed E-state index contributed by atoms with van der Waals surface area (Å²) < 4.78 is 11.3. The van der Waals surface area contributed by atoms with Crippen molar-refractivity contribution >= 4 is 11.8 Å². The second-order valence-corrected chi connectivity index (χ2v) is 7.96. The highest BCUT2D eigenvalue weighted by molar-refractivity contribution is 5.79. The molecule has 1 aromatic carbocycles. The van der Waals surface area contributed by atoms with Crippen LogP contribution in [0.5, 0.6) is 0 Å². The monoisotopic (exact) mass is 404 g/mol. The zero-order chi connectivity index (χ0) is 20.6. The summed E-state index contributed by atoms with van der Waals surface area (Å²) in [5.41, 5.74) is 1.05. The zero-order valence-corrected chi connectivity index (χ0v) is 17.0. The van der Waals surface area contributed by atoms with Gasteiger partial charge in [-0.05, 0) is 38.2 Å². The Balaban J connectivity index is 1.46. The first-order valence-electron chi connectivity index (χ1n) is 10.6. The normalized spacial score (nSPS) is 26.5. The van der Waals surface area contributed by atoms with Gasteiger partial charge in [-0.3, -0.25) is 9.59 Å². The van der Waals surface area contributed by atoms with Crippen LogP contribution in [-0.4, -0.2) is 55.0 Å². The lowest BCUT2D eigenvalue weighted by atomic mass is 9.94. The number of aliphatic hydroxyl groups excluding tert-OH is 1. The second-order valence-electron chi connectivity index (χ2n) is 7.96. The molecule has 29 heavy (non-hydrogen) atoms. The van der Waals surface area contributed by atoms with Crippen molar-refractivity contribution in [2.75, 3.05) is 19.8 Å². The summed E-state index contributed by atoms with van der Waals surface area (Å²) in [5, 5.41) is 15.8. The van der Waals surface area contributed by atoms with Crippen molar-refractivity contribution in [3.63, 3.8) is 0 Å². The molecular weight excluding hydrogens is 372 g/mol. The summed E-state index contributed by atoms with van der Waals surface area (Å²) in [4.78, 5) is 24.9. The fourth-order valence-corrected chi connectivity index (χ4v) is 4.04. The molecule has 0 spiro atoms. The van der Waals surface area contributed by atoms with E-state index >= 15 is 0 Å². The van der Waals surface area contributed by atoms with Crippen LogP contribution < -0.4 is 10.6 Å². The zero-order valence-electron chi connectivity index (χ0n) is 17.0. The van der Waals surface area contributed by atoms with E-state index in [9.17, 15) is 14.7 Å². The average molecular weight is 405 g/mol. The third-order valence-electron chi connectivity index (χ3n) is 5.81. The maximum Gasteiger partial charge on any atom is 0.223 e. The Hall–Kier alpha value is -1.96. The largest absolute Gasteiger partial charge is 0.394 e. The van der Waals surface area contributed by atoms with Gasteiger partial charge in [-0.15, -0.1) is 0 Å². The smallest absolute Gasteiger partial charge is 0.223 e. The van der Waals surface area contributed by atoms with Crippen molar-refractivity contribution in [1.29, 1.82) is 0 Å². The van der Waals surface area contributed by atoms with Crippen LogP contribution in [0.4, 0.5) is 0 Å². The molecule has 0 saturated carbocycles. The molecule has 2 aliphatic rings. The van der Waals surface area contributed by atoms with E-state index in [0.29, 0.717) is 26.1 Å². The minimum absolute atomic E-state index is 0.00762. The van der Waals surface area contributed by atoms with E-state index in [2.05, 4.69) is 10.6 Å². The lowest BCUT2D eigenvalue weighted by Crippen LogP contribution is -2.53. The minimum Gasteiger partial charge on any atom is -0.394 e. The molecule has 2 heterocycles. The van der Waals surface area contributed by atoms with Crippen LogP contribution in [0.1, 0.15) is 50.6 Å². The highest BCUT2D eigenvalue weighted by atomic mass is 16.5. The van der Waals surface area contributed by atoms with E-state index in [4.69, 9.17) is 9.47 Å². The Morgan fingerprint density at radius 2 is 1.86 bits per heavy atom. The number of hydrogen-bond donors (Lipinski definition) is 3. The Labute approximate surface area is 172 Å². The van der Waals surface area contributed by atoms with Crippen molar-refractivity contribution in [3.05, 3.63) is 35.9 Å². The first kappa shape index (κ1) is 21.7. The molecule has 0 radical (unpaired) electrons. The van der Waals surface area contributed by atoms with Crippen LogP contribution in [0.25, 0.3) is 0 Å². The standard InChI is InChI=1S/C22H32N2O5/c1-15(16-5-3-2-4-6-16)23-21(26)13-18-7-8-19(20(14-25)29-18)24-22(27)17-9-11-28-12-10-17/h2-6,15,17-20,25H,7-14H2,1H3,(H,23,26)(H,24,27)/t15-,18-,19-,20-/m0/s1. The van der Waals surface area contributed by atoms with Crippen molar-refractivity contribution in [2.45, 2.75) is 63.3 Å². The van der Waals surface area contributed by atoms with Gasteiger partial charge in [-0.2, -0.15) is 0 Å². The predicted molar refractivity (Wildman–Crippen MR) is 108 cm³/mol. The maximum atomic E-state index is 12.5. The van der Waals surface area contributed by atoms with E-state index < -0.39 is 6.10 Å². The maximum absolute atomic E-state index is 12.5. The van der Waals surface area contributed by atoms with E-state index in [0.717, 1.165) is 18.4 Å². The van der Waals surface area contributed by atoms with Gasteiger partial charge in [0.1, 0.15) is 6.10 Å². The van der Waals surface area contributed by atoms with Gasteiger partial charge < -0.3 is 25.2 Å². The second kappa shape index (κ2) is 10.7. The molecule has 1 aromatic rings. The molecule has 3 rings (SSSR count). The number of ether oxygens (including phenoxy) is 2. The Kier molecular flexibility index (Phi) is 8.03. The highest BCUT2D eigenvalue weighted by Gasteiger charge is 2.34. The topological polar surface area (TPSA) is 96.9 Å². The molecule has 2 saturated heterocycles. The van der Waals surface area contributed by atoms with Crippen LogP contribution in [-0.2, 0) is 19.1 Å². The van der Waals surface area contributed by atoms with E-state index in [-0.39, 0.29) is 48.9 Å². The van der Waals surface area contributed by atoms with Gasteiger partial charge in [0.2, 0.25) is 11.8 Å². The number of amides is 2. The molecule has 0 aliphatic carbocycles. The number of aliphatic hydroxyl groups is 1. The molecule has 7 heteroatoms. The van der Waals surface area contributed by atoms with Gasteiger partial charge in [-0.25, -0.2) is 0 Å². The molecule has 0 bridgehead atoms. The van der Waals surface area contributed by atoms with Crippen molar-refractivity contribution in [1.82, 2.24) is 10.6 Å². The molecular formula is C22H32N2O5. The third kappa shape index (κ3) is 6.26. The van der Waals surface area contributed by atoms with E-state index in [1.165, 1.54) is 0 Å². The summed E-state index contributed by atoms with van der Waals surface area (Å²) in [6.07, 6.45) is 2.31. The van der Waals surface area contributed by atoms with Gasteiger partial charge in [0.05, 0.1) is 31.2 Å². The number of carbonyl (C=O) groups is 2. The van der Waals surface area contributed by atoms with E-state index in [1.54, 1.807) is 0 Å². The average Bonchev–Trinajstić information content (AvgIpc) is 2.75. The van der Waals surface area contributed by atoms with Gasteiger partial charge in [0, 0.05) is 19.1 Å². The first-order valence-corrected chi connectivity index (χ1v) is 10.6. The number of benzene rings is 1. The van der Waals surface area contributed by atoms with Crippen molar-refractivity contribution in [3.8, 4) is 0 Å². The Bertz CT molecular complexity index is 662. The third-order valence-corrected chi connectivity index (χ3v) is 5.81. The number of rotatable bonds is 7. The lowest BCUT2D eigenvalue weighted by molar-refractivity contribution is -0.139. The van der Waals surface area contributed by atoms with Gasteiger partial charge in [0.15, 0.2) is 0 Å². The fourth-order valence-electron chi connectivity index (χ4n) is 4.04. The van der Waals surface area contributed by atoms with Crippen LogP contribution in [0.2, 0.25) is 0 Å². The molecule has 0 aromatic heterocycles. The lowest BCUT2D eigenvalue weighted by Gasteiger charge is -2.37. The fraction of sp³-hybridized carbons (Fsp3) is 0.636. The molecule has 2 aliphatic heterocycles. The van der Waals surface area contributed by atoms with Gasteiger partial charge in [0.25, 0.3) is 0 Å². The summed E-state index contributed by atoms with van der Waals surface area (Å²) >= 11 is 0. The van der Waals surface area contributed by atoms with Crippen molar-refractivity contribution in [2.24, 2.45) is 5.92 Å². The number of nitrogens with one attached hydrogen (secondary N) is 2. The summed E-state index contributed by atoms with van der Waals surface area (Å²) in [6, 6.07) is 9.50. The molecule has 2 amide bonds. The van der Waals surface area contributed by atoms with Crippen LogP contribution in [0.15, 0.2) is 30.3 Å². The minimum atomic E-state index is -0.489. The Morgan fingerprint density at radius 1 is 1.14 bits per heavy atom. The van der Waals surface area contributed by atoms with Crippen LogP contribution in [0, 0.1) is 5.92 Å². The van der Waals surface area contributed by atoms with E-state index in [1.807, 2.05) is 37.3 Å². The molecule has 7 nitrogen and oxygen atoms in total. The van der Waals surface area contributed by atoms with Crippen LogP contribution >= 0.6 is 0 Å². The molecule has 4 atom stereocenters. The Morgan fingerprint density at radius 3 is 2.55 bits per heavy atom. The molecule has 160 valence electrons. The van der Waals surface area contributed by atoms with Gasteiger partial charge in [-0.1, -0.05) is 30.3 Å².